The third-order valence-electron chi connectivity index (χ3n) is 4.84. The third-order valence-corrected chi connectivity index (χ3v) is 7.21. The molecule has 0 aliphatic carbocycles. The van der Waals surface area contributed by atoms with Gasteiger partial charge in [0.2, 0.25) is 11.8 Å². The predicted molar refractivity (Wildman–Crippen MR) is 141 cm³/mol. The molecule has 0 bridgehead atoms. The third kappa shape index (κ3) is 6.70. The van der Waals surface area contributed by atoms with Crippen LogP contribution >= 0.6 is 34.7 Å². The molecule has 2 N–H and O–H groups in total. The molecule has 0 fully saturated rings. The van der Waals surface area contributed by atoms with Crippen LogP contribution in [0.2, 0.25) is 5.02 Å². The van der Waals surface area contributed by atoms with Crippen LogP contribution in [0.3, 0.4) is 0 Å². The van der Waals surface area contributed by atoms with Crippen molar-refractivity contribution in [1.82, 2.24) is 4.98 Å². The fourth-order valence-electron chi connectivity index (χ4n) is 3.26. The lowest BCUT2D eigenvalue weighted by Gasteiger charge is -2.17. The van der Waals surface area contributed by atoms with E-state index in [-0.39, 0.29) is 18.2 Å². The van der Waals surface area contributed by atoms with Gasteiger partial charge >= 0.3 is 0 Å². The predicted octanol–water partition coefficient (Wildman–Crippen LogP) is 6.76. The molecule has 172 valence electrons. The van der Waals surface area contributed by atoms with E-state index in [1.165, 1.54) is 23.1 Å². The number of aryl methyl sites for hydroxylation is 1. The molecule has 5 nitrogen and oxygen atoms in total. The first-order valence-corrected chi connectivity index (χ1v) is 12.7. The van der Waals surface area contributed by atoms with Crippen LogP contribution in [0.15, 0.2) is 89.1 Å². The standard InChI is InChI=1S/C26H22ClN3O2S2/c1-17-16-33-26(28-17)30-25(32)24(19-6-3-2-4-7-19)34-22-9-5-8-21(15-22)29-23(31)14-18-10-12-20(27)13-11-18/h2-13,15-16,24H,14H2,1H3,(H,29,31)(H,28,30,32). The summed E-state index contributed by atoms with van der Waals surface area (Å²) in [6.45, 7) is 1.89. The highest BCUT2D eigenvalue weighted by Gasteiger charge is 2.23. The lowest BCUT2D eigenvalue weighted by molar-refractivity contribution is -0.116. The molecule has 0 aliphatic heterocycles. The van der Waals surface area contributed by atoms with Crippen molar-refractivity contribution in [1.29, 1.82) is 0 Å². The van der Waals surface area contributed by atoms with Crippen LogP contribution in [0.25, 0.3) is 0 Å². The van der Waals surface area contributed by atoms with Crippen molar-refractivity contribution < 1.29 is 9.59 Å². The molecule has 8 heteroatoms. The molecule has 1 aromatic heterocycles. The number of hydrogen-bond donors (Lipinski definition) is 2. The molecule has 0 aliphatic rings. The zero-order chi connectivity index (χ0) is 23.9. The zero-order valence-corrected chi connectivity index (χ0v) is 20.7. The smallest absolute Gasteiger partial charge is 0.244 e. The number of benzene rings is 3. The Bertz CT molecular complexity index is 1280. The second-order valence-corrected chi connectivity index (χ2v) is 10.0. The summed E-state index contributed by atoms with van der Waals surface area (Å²) >= 11 is 8.74. The van der Waals surface area contributed by atoms with Crippen LogP contribution in [0.4, 0.5) is 10.8 Å². The van der Waals surface area contributed by atoms with Gasteiger partial charge in [-0.2, -0.15) is 0 Å². The van der Waals surface area contributed by atoms with Gasteiger partial charge in [0.1, 0.15) is 5.25 Å². The summed E-state index contributed by atoms with van der Waals surface area (Å²) in [6, 6.07) is 24.3. The van der Waals surface area contributed by atoms with Gasteiger partial charge in [0.25, 0.3) is 0 Å². The number of nitrogens with one attached hydrogen (secondary N) is 2. The number of amides is 2. The second-order valence-electron chi connectivity index (χ2n) is 7.57. The Kier molecular flexibility index (Phi) is 8.00. The average molecular weight is 508 g/mol. The molecule has 34 heavy (non-hydrogen) atoms. The summed E-state index contributed by atoms with van der Waals surface area (Å²) in [7, 11) is 0. The van der Waals surface area contributed by atoms with Gasteiger partial charge in [-0.05, 0) is 48.4 Å². The van der Waals surface area contributed by atoms with E-state index >= 15 is 0 Å². The Balaban J connectivity index is 1.48. The zero-order valence-electron chi connectivity index (χ0n) is 18.3. The number of anilines is 2. The minimum Gasteiger partial charge on any atom is -0.326 e. The van der Waals surface area contributed by atoms with Gasteiger partial charge < -0.3 is 10.6 Å². The summed E-state index contributed by atoms with van der Waals surface area (Å²) in [5.74, 6) is -0.274. The Hall–Kier alpha value is -3.13. The van der Waals surface area contributed by atoms with Crippen LogP contribution in [0.5, 0.6) is 0 Å². The molecule has 3 aromatic carbocycles. The highest BCUT2D eigenvalue weighted by molar-refractivity contribution is 8.00. The maximum absolute atomic E-state index is 13.2. The number of thiazole rings is 1. The minimum atomic E-state index is -0.481. The summed E-state index contributed by atoms with van der Waals surface area (Å²) in [6.07, 6.45) is 0.247. The SMILES string of the molecule is Cc1csc(NC(=O)C(Sc2cccc(NC(=O)Cc3ccc(Cl)cc3)c2)c2ccccc2)n1. The highest BCUT2D eigenvalue weighted by atomic mass is 35.5. The maximum atomic E-state index is 13.2. The van der Waals surface area contributed by atoms with Gasteiger partial charge in [0, 0.05) is 21.0 Å². The molecule has 1 atom stereocenters. The largest absolute Gasteiger partial charge is 0.326 e. The summed E-state index contributed by atoms with van der Waals surface area (Å²) < 4.78 is 0. The normalized spacial score (nSPS) is 11.6. The van der Waals surface area contributed by atoms with E-state index in [1.54, 1.807) is 12.1 Å². The fraction of sp³-hybridized carbons (Fsp3) is 0.115. The van der Waals surface area contributed by atoms with Gasteiger partial charge in [-0.15, -0.1) is 23.1 Å². The van der Waals surface area contributed by atoms with Crippen molar-refractivity contribution >= 4 is 57.3 Å². The van der Waals surface area contributed by atoms with Crippen molar-refractivity contribution in [2.45, 2.75) is 23.5 Å². The number of halogens is 1. The first kappa shape index (κ1) is 24.0. The fourth-order valence-corrected chi connectivity index (χ4v) is 5.16. The maximum Gasteiger partial charge on any atom is 0.244 e. The van der Waals surface area contributed by atoms with Crippen molar-refractivity contribution in [2.75, 3.05) is 10.6 Å². The van der Waals surface area contributed by atoms with Crippen LogP contribution < -0.4 is 10.6 Å². The van der Waals surface area contributed by atoms with E-state index < -0.39 is 5.25 Å². The van der Waals surface area contributed by atoms with Crippen LogP contribution in [0.1, 0.15) is 22.1 Å². The molecular weight excluding hydrogens is 486 g/mol. The molecule has 4 aromatic rings. The van der Waals surface area contributed by atoms with Crippen LogP contribution in [-0.4, -0.2) is 16.8 Å². The quantitative estimate of drug-likeness (QED) is 0.258. The highest BCUT2D eigenvalue weighted by Crippen LogP contribution is 2.37. The molecule has 1 unspecified atom stereocenters. The minimum absolute atomic E-state index is 0.124. The lowest BCUT2D eigenvalue weighted by atomic mass is 10.1. The number of nitrogens with zero attached hydrogens (tertiary/aromatic N) is 1. The summed E-state index contributed by atoms with van der Waals surface area (Å²) in [5.41, 5.74) is 3.30. The first-order valence-electron chi connectivity index (χ1n) is 10.6. The van der Waals surface area contributed by atoms with Gasteiger partial charge in [-0.25, -0.2) is 4.98 Å². The van der Waals surface area contributed by atoms with Gasteiger partial charge in [0.15, 0.2) is 5.13 Å². The number of carbonyl (C=O) groups excluding carboxylic acids is 2. The monoisotopic (exact) mass is 507 g/mol. The summed E-state index contributed by atoms with van der Waals surface area (Å²) in [4.78, 5) is 30.9. The number of thioether (sulfide) groups is 1. The molecule has 0 saturated heterocycles. The van der Waals surface area contributed by atoms with E-state index in [2.05, 4.69) is 15.6 Å². The van der Waals surface area contributed by atoms with E-state index in [4.69, 9.17) is 11.6 Å². The average Bonchev–Trinajstić information content (AvgIpc) is 3.24. The molecule has 0 spiro atoms. The first-order chi connectivity index (χ1) is 16.5. The topological polar surface area (TPSA) is 71.1 Å². The van der Waals surface area contributed by atoms with Gasteiger partial charge in [-0.1, -0.05) is 60.1 Å². The lowest BCUT2D eigenvalue weighted by Crippen LogP contribution is -2.19. The molecule has 0 radical (unpaired) electrons. The molecule has 4 rings (SSSR count). The Labute approximate surface area is 211 Å². The van der Waals surface area contributed by atoms with E-state index in [9.17, 15) is 9.59 Å². The molecule has 1 heterocycles. The van der Waals surface area contributed by atoms with Crippen LogP contribution in [0, 0.1) is 6.92 Å². The van der Waals surface area contributed by atoms with Crippen molar-refractivity contribution in [2.24, 2.45) is 0 Å². The van der Waals surface area contributed by atoms with Crippen LogP contribution in [-0.2, 0) is 16.0 Å². The van der Waals surface area contributed by atoms with E-state index in [1.807, 2.05) is 79.0 Å². The molecular formula is C26H22ClN3O2S2. The Morgan fingerprint density at radius 2 is 1.76 bits per heavy atom. The Morgan fingerprint density at radius 1 is 1.00 bits per heavy atom. The van der Waals surface area contributed by atoms with Gasteiger partial charge in [-0.3, -0.25) is 9.59 Å². The molecule has 2 amide bonds. The van der Waals surface area contributed by atoms with E-state index in [0.717, 1.165) is 21.7 Å². The van der Waals surface area contributed by atoms with Gasteiger partial charge in [0.05, 0.1) is 12.1 Å². The van der Waals surface area contributed by atoms with Crippen molar-refractivity contribution in [3.63, 3.8) is 0 Å². The molecule has 0 saturated carbocycles. The van der Waals surface area contributed by atoms with E-state index in [0.29, 0.717) is 15.8 Å². The van der Waals surface area contributed by atoms with Crippen molar-refractivity contribution in [3.8, 4) is 0 Å². The Morgan fingerprint density at radius 3 is 2.47 bits per heavy atom. The summed E-state index contributed by atoms with van der Waals surface area (Å²) in [5, 5.41) is 8.49. The number of carbonyl (C=O) groups is 2. The second kappa shape index (κ2) is 11.3. The number of rotatable bonds is 8. The number of aromatic nitrogens is 1. The van der Waals surface area contributed by atoms with Crippen molar-refractivity contribution in [3.05, 3.63) is 106 Å². The number of hydrogen-bond acceptors (Lipinski definition) is 5.